The molecule has 0 spiro atoms. The lowest BCUT2D eigenvalue weighted by molar-refractivity contribution is 0.0954. The maximum absolute atomic E-state index is 11.8. The number of aryl methyl sites for hydroxylation is 1. The molecule has 90 valence electrons. The van der Waals surface area contributed by atoms with Gasteiger partial charge in [0, 0.05) is 11.4 Å². The predicted molar refractivity (Wildman–Crippen MR) is 70.0 cm³/mol. The summed E-state index contributed by atoms with van der Waals surface area (Å²) in [6.45, 7) is 4.95. The lowest BCUT2D eigenvalue weighted by Gasteiger charge is -2.02. The van der Waals surface area contributed by atoms with Gasteiger partial charge in [-0.2, -0.15) is 0 Å². The molecule has 1 heterocycles. The maximum atomic E-state index is 11.8. The lowest BCUT2D eigenvalue weighted by atomic mass is 10.2. The van der Waals surface area contributed by atoms with Gasteiger partial charge < -0.3 is 11.1 Å². The smallest absolute Gasteiger partial charge is 0.254 e. The van der Waals surface area contributed by atoms with E-state index in [-0.39, 0.29) is 5.91 Å². The molecule has 1 amide bonds. The molecule has 0 bridgehead atoms. The third-order valence-corrected chi connectivity index (χ3v) is 3.39. The zero-order valence-electron chi connectivity index (χ0n) is 10.0. The van der Waals surface area contributed by atoms with E-state index in [1.165, 1.54) is 16.2 Å². The summed E-state index contributed by atoms with van der Waals surface area (Å²) in [6.07, 6.45) is 4.17. The summed E-state index contributed by atoms with van der Waals surface area (Å²) in [5.41, 5.74) is 6.48. The Bertz CT molecular complexity index is 347. The minimum atomic E-state index is -0.0375. The van der Waals surface area contributed by atoms with Crippen molar-refractivity contribution in [3.8, 4) is 0 Å². The highest BCUT2D eigenvalue weighted by atomic mass is 32.1. The summed E-state index contributed by atoms with van der Waals surface area (Å²) in [4.78, 5) is 13.0. The predicted octanol–water partition coefficient (Wildman–Crippen LogP) is 2.81. The van der Waals surface area contributed by atoms with E-state index >= 15 is 0 Å². The van der Waals surface area contributed by atoms with Gasteiger partial charge in [0.1, 0.15) is 0 Å². The molecule has 4 heteroatoms. The molecule has 0 unspecified atom stereocenters. The second-order valence-corrected chi connectivity index (χ2v) is 5.02. The van der Waals surface area contributed by atoms with Crippen LogP contribution in [0.2, 0.25) is 0 Å². The molecular weight excluding hydrogens is 220 g/mol. The third-order valence-electron chi connectivity index (χ3n) is 2.37. The normalized spacial score (nSPS) is 10.4. The van der Waals surface area contributed by atoms with Crippen LogP contribution in [0.4, 0.5) is 5.00 Å². The van der Waals surface area contributed by atoms with Crippen molar-refractivity contribution in [3.05, 3.63) is 16.5 Å². The Kier molecular flexibility index (Phi) is 5.32. The number of amides is 1. The second kappa shape index (κ2) is 6.53. The van der Waals surface area contributed by atoms with Gasteiger partial charge in [0.05, 0.1) is 10.6 Å². The highest BCUT2D eigenvalue weighted by Crippen LogP contribution is 2.25. The summed E-state index contributed by atoms with van der Waals surface area (Å²) >= 11 is 1.52. The number of nitrogens with two attached hydrogens (primary N) is 1. The van der Waals surface area contributed by atoms with Gasteiger partial charge in [-0.3, -0.25) is 4.79 Å². The largest absolute Gasteiger partial charge is 0.390 e. The van der Waals surface area contributed by atoms with Crippen LogP contribution in [0.15, 0.2) is 6.07 Å². The van der Waals surface area contributed by atoms with Gasteiger partial charge in [-0.15, -0.1) is 11.3 Å². The van der Waals surface area contributed by atoms with Crippen molar-refractivity contribution in [3.63, 3.8) is 0 Å². The molecule has 3 N–H and O–H groups in total. The van der Waals surface area contributed by atoms with Crippen molar-refractivity contribution in [2.45, 2.75) is 39.5 Å². The molecule has 0 fully saturated rings. The molecule has 16 heavy (non-hydrogen) atoms. The zero-order valence-corrected chi connectivity index (χ0v) is 10.8. The zero-order chi connectivity index (χ0) is 12.0. The molecule has 0 atom stereocenters. The van der Waals surface area contributed by atoms with Crippen LogP contribution < -0.4 is 11.1 Å². The standard InChI is InChI=1S/C12H20N2OS/c1-3-5-7-14-12(15)10-8-9(6-4-2)16-11(10)13/h8H,3-7,13H2,1-2H3,(H,14,15). The topological polar surface area (TPSA) is 55.1 Å². The maximum Gasteiger partial charge on any atom is 0.254 e. The van der Waals surface area contributed by atoms with Crippen LogP contribution in [0.3, 0.4) is 0 Å². The number of nitrogen functional groups attached to an aromatic ring is 1. The quantitative estimate of drug-likeness (QED) is 0.751. The van der Waals surface area contributed by atoms with Gasteiger partial charge in [0.15, 0.2) is 0 Å². The molecule has 0 saturated heterocycles. The molecule has 0 aliphatic carbocycles. The van der Waals surface area contributed by atoms with Crippen LogP contribution in [0.25, 0.3) is 0 Å². The van der Waals surface area contributed by atoms with E-state index in [1.54, 1.807) is 0 Å². The van der Waals surface area contributed by atoms with Crippen LogP contribution >= 0.6 is 11.3 Å². The van der Waals surface area contributed by atoms with Gasteiger partial charge in [-0.25, -0.2) is 0 Å². The van der Waals surface area contributed by atoms with Crippen LogP contribution in [0.1, 0.15) is 48.3 Å². The number of nitrogens with one attached hydrogen (secondary N) is 1. The first kappa shape index (κ1) is 13.0. The van der Waals surface area contributed by atoms with Crippen molar-refractivity contribution in [2.75, 3.05) is 12.3 Å². The van der Waals surface area contributed by atoms with E-state index in [0.29, 0.717) is 10.6 Å². The molecule has 0 aromatic carbocycles. The van der Waals surface area contributed by atoms with E-state index in [9.17, 15) is 4.79 Å². The molecule has 0 radical (unpaired) electrons. The average molecular weight is 240 g/mol. The number of anilines is 1. The van der Waals surface area contributed by atoms with E-state index in [1.807, 2.05) is 6.07 Å². The van der Waals surface area contributed by atoms with Crippen molar-refractivity contribution >= 4 is 22.2 Å². The Balaban J connectivity index is 2.60. The second-order valence-electron chi connectivity index (χ2n) is 3.85. The summed E-state index contributed by atoms with van der Waals surface area (Å²) in [5.74, 6) is -0.0375. The van der Waals surface area contributed by atoms with Crippen molar-refractivity contribution in [1.29, 1.82) is 0 Å². The van der Waals surface area contributed by atoms with Gasteiger partial charge in [-0.05, 0) is 18.9 Å². The minimum Gasteiger partial charge on any atom is -0.390 e. The first-order valence-corrected chi connectivity index (χ1v) is 6.67. The van der Waals surface area contributed by atoms with Gasteiger partial charge in [0.25, 0.3) is 5.91 Å². The average Bonchev–Trinajstić information content (AvgIpc) is 2.60. The monoisotopic (exact) mass is 240 g/mol. The van der Waals surface area contributed by atoms with Gasteiger partial charge >= 0.3 is 0 Å². The van der Waals surface area contributed by atoms with Crippen LogP contribution in [-0.2, 0) is 6.42 Å². The van der Waals surface area contributed by atoms with Gasteiger partial charge in [0.2, 0.25) is 0 Å². The highest BCUT2D eigenvalue weighted by Gasteiger charge is 2.12. The number of unbranched alkanes of at least 4 members (excludes halogenated alkanes) is 1. The number of rotatable bonds is 6. The molecule has 0 aliphatic rings. The SMILES string of the molecule is CCCCNC(=O)c1cc(CCC)sc1N. The number of thiophene rings is 1. The third kappa shape index (κ3) is 3.52. The van der Waals surface area contributed by atoms with Crippen molar-refractivity contribution in [2.24, 2.45) is 0 Å². The fourth-order valence-electron chi connectivity index (χ4n) is 1.48. The highest BCUT2D eigenvalue weighted by molar-refractivity contribution is 7.16. The van der Waals surface area contributed by atoms with Gasteiger partial charge in [-0.1, -0.05) is 26.7 Å². The lowest BCUT2D eigenvalue weighted by Crippen LogP contribution is -2.24. The minimum absolute atomic E-state index is 0.0375. The molecule has 1 aromatic heterocycles. The molecule has 0 saturated carbocycles. The van der Waals surface area contributed by atoms with E-state index in [0.717, 1.165) is 32.2 Å². The van der Waals surface area contributed by atoms with Crippen molar-refractivity contribution < 1.29 is 4.79 Å². The Morgan fingerprint density at radius 1 is 1.44 bits per heavy atom. The number of hydrogen-bond donors (Lipinski definition) is 2. The summed E-state index contributed by atoms with van der Waals surface area (Å²) in [6, 6.07) is 1.92. The van der Waals surface area contributed by atoms with Crippen LogP contribution in [-0.4, -0.2) is 12.5 Å². The Morgan fingerprint density at radius 2 is 2.19 bits per heavy atom. The summed E-state index contributed by atoms with van der Waals surface area (Å²) < 4.78 is 0. The molecule has 3 nitrogen and oxygen atoms in total. The number of carbonyl (C=O) groups excluding carboxylic acids is 1. The first-order chi connectivity index (χ1) is 7.69. The Hall–Kier alpha value is -1.03. The fourth-order valence-corrected chi connectivity index (χ4v) is 2.51. The van der Waals surface area contributed by atoms with Crippen LogP contribution in [0.5, 0.6) is 0 Å². The summed E-state index contributed by atoms with van der Waals surface area (Å²) in [7, 11) is 0. The number of hydrogen-bond acceptors (Lipinski definition) is 3. The molecular formula is C12H20N2OS. The summed E-state index contributed by atoms with van der Waals surface area (Å²) in [5, 5.41) is 3.52. The molecule has 1 aromatic rings. The Labute approximate surface area is 101 Å². The van der Waals surface area contributed by atoms with Crippen LogP contribution in [0, 0.1) is 0 Å². The molecule has 1 rings (SSSR count). The molecule has 0 aliphatic heterocycles. The number of carbonyl (C=O) groups is 1. The Morgan fingerprint density at radius 3 is 2.81 bits per heavy atom. The first-order valence-electron chi connectivity index (χ1n) is 5.85. The van der Waals surface area contributed by atoms with E-state index in [4.69, 9.17) is 5.73 Å². The van der Waals surface area contributed by atoms with E-state index in [2.05, 4.69) is 19.2 Å². The van der Waals surface area contributed by atoms with E-state index < -0.39 is 0 Å². The fraction of sp³-hybridized carbons (Fsp3) is 0.583. The van der Waals surface area contributed by atoms with Crippen molar-refractivity contribution in [1.82, 2.24) is 5.32 Å².